The first-order chi connectivity index (χ1) is 6.15. The van der Waals surface area contributed by atoms with E-state index in [2.05, 4.69) is 30.8 Å². The van der Waals surface area contributed by atoms with Crippen LogP contribution in [0.25, 0.3) is 5.57 Å². The van der Waals surface area contributed by atoms with E-state index in [1.165, 1.54) is 5.01 Å². The van der Waals surface area contributed by atoms with E-state index in [9.17, 15) is 0 Å². The smallest absolute Gasteiger partial charge is 0.0957 e. The van der Waals surface area contributed by atoms with Gasteiger partial charge in [-0.15, -0.1) is 11.3 Å². The van der Waals surface area contributed by atoms with Crippen LogP contribution in [-0.4, -0.2) is 11.5 Å². The summed E-state index contributed by atoms with van der Waals surface area (Å²) in [6, 6.07) is 0. The van der Waals surface area contributed by atoms with E-state index in [4.69, 9.17) is 5.73 Å². The Kier molecular flexibility index (Phi) is 3.63. The first kappa shape index (κ1) is 10.4. The van der Waals surface area contributed by atoms with E-state index >= 15 is 0 Å². The topological polar surface area (TPSA) is 38.9 Å². The Labute approximate surface area is 83.5 Å². The lowest BCUT2D eigenvalue weighted by Crippen LogP contribution is -1.99. The number of nitrogens with two attached hydrogens (primary N) is 1. The zero-order valence-corrected chi connectivity index (χ0v) is 9.03. The van der Waals surface area contributed by atoms with Crippen molar-refractivity contribution in [3.05, 3.63) is 22.7 Å². The number of nitrogens with zero attached hydrogens (tertiary/aromatic N) is 1. The van der Waals surface area contributed by atoms with Gasteiger partial charge in [-0.2, -0.15) is 0 Å². The first-order valence-corrected chi connectivity index (χ1v) is 5.36. The monoisotopic (exact) mass is 196 g/mol. The molecule has 0 unspecified atom stereocenters. The molecule has 0 aliphatic carbocycles. The van der Waals surface area contributed by atoms with Crippen LogP contribution >= 0.6 is 11.3 Å². The predicted molar refractivity (Wildman–Crippen MR) is 58.9 cm³/mol. The molecule has 0 saturated heterocycles. The summed E-state index contributed by atoms with van der Waals surface area (Å²) in [4.78, 5) is 4.49. The van der Waals surface area contributed by atoms with Gasteiger partial charge in [-0.05, 0) is 18.5 Å². The van der Waals surface area contributed by atoms with Crippen molar-refractivity contribution in [2.45, 2.75) is 26.2 Å². The minimum atomic E-state index is 0.504. The summed E-state index contributed by atoms with van der Waals surface area (Å²) in [7, 11) is 0. The molecule has 0 aliphatic heterocycles. The summed E-state index contributed by atoms with van der Waals surface area (Å²) < 4.78 is 0. The van der Waals surface area contributed by atoms with Gasteiger partial charge in [0.25, 0.3) is 0 Å². The van der Waals surface area contributed by atoms with Crippen LogP contribution < -0.4 is 5.73 Å². The number of hydrogen-bond acceptors (Lipinski definition) is 3. The van der Waals surface area contributed by atoms with Gasteiger partial charge in [0, 0.05) is 11.3 Å². The summed E-state index contributed by atoms with van der Waals surface area (Å²) in [5.41, 5.74) is 7.51. The summed E-state index contributed by atoms with van der Waals surface area (Å²) in [6.45, 7) is 8.89. The van der Waals surface area contributed by atoms with Crippen molar-refractivity contribution < 1.29 is 0 Å². The van der Waals surface area contributed by atoms with E-state index in [-0.39, 0.29) is 0 Å². The lowest BCUT2D eigenvalue weighted by Gasteiger charge is -1.99. The second-order valence-electron chi connectivity index (χ2n) is 3.37. The molecule has 1 rings (SSSR count). The minimum absolute atomic E-state index is 0.504. The van der Waals surface area contributed by atoms with Crippen molar-refractivity contribution in [3.63, 3.8) is 0 Å². The predicted octanol–water partition coefficient (Wildman–Crippen LogP) is 2.63. The molecule has 0 amide bonds. The molecule has 3 heteroatoms. The SMILES string of the molecule is C=C(CCN)c1csc(C(C)C)n1. The summed E-state index contributed by atoms with van der Waals surface area (Å²) >= 11 is 1.70. The quantitative estimate of drug-likeness (QED) is 0.804. The minimum Gasteiger partial charge on any atom is -0.330 e. The third-order valence-electron chi connectivity index (χ3n) is 1.82. The highest BCUT2D eigenvalue weighted by atomic mass is 32.1. The Morgan fingerprint density at radius 2 is 2.38 bits per heavy atom. The molecule has 0 atom stereocenters. The van der Waals surface area contributed by atoms with Crippen molar-refractivity contribution in [1.29, 1.82) is 0 Å². The van der Waals surface area contributed by atoms with Crippen molar-refractivity contribution in [3.8, 4) is 0 Å². The molecule has 2 nitrogen and oxygen atoms in total. The van der Waals surface area contributed by atoms with Gasteiger partial charge in [-0.3, -0.25) is 0 Å². The molecular weight excluding hydrogens is 180 g/mol. The van der Waals surface area contributed by atoms with E-state index in [0.29, 0.717) is 12.5 Å². The molecule has 1 aromatic rings. The summed E-state index contributed by atoms with van der Waals surface area (Å²) in [5.74, 6) is 0.504. The molecule has 0 aromatic carbocycles. The van der Waals surface area contributed by atoms with Crippen LogP contribution in [-0.2, 0) is 0 Å². The maximum Gasteiger partial charge on any atom is 0.0957 e. The lowest BCUT2D eigenvalue weighted by atomic mass is 10.1. The molecule has 0 aliphatic rings. The fraction of sp³-hybridized carbons (Fsp3) is 0.500. The molecular formula is C10H16N2S. The van der Waals surface area contributed by atoms with Crippen LogP contribution in [0.4, 0.5) is 0 Å². The van der Waals surface area contributed by atoms with Crippen LogP contribution in [0.3, 0.4) is 0 Å². The fourth-order valence-corrected chi connectivity index (χ4v) is 1.89. The van der Waals surface area contributed by atoms with Gasteiger partial charge >= 0.3 is 0 Å². The molecule has 1 aromatic heterocycles. The summed E-state index contributed by atoms with van der Waals surface area (Å²) in [6.07, 6.45) is 0.835. The molecule has 72 valence electrons. The zero-order valence-electron chi connectivity index (χ0n) is 8.21. The molecule has 2 N–H and O–H groups in total. The standard InChI is InChI=1S/C10H16N2S/c1-7(2)10-12-9(6-13-10)8(3)4-5-11/h6-7H,3-5,11H2,1-2H3. The highest BCUT2D eigenvalue weighted by Gasteiger charge is 2.07. The second-order valence-corrected chi connectivity index (χ2v) is 4.26. The number of aromatic nitrogens is 1. The fourth-order valence-electron chi connectivity index (χ4n) is 1.02. The number of rotatable bonds is 4. The number of thiazole rings is 1. The first-order valence-electron chi connectivity index (χ1n) is 4.48. The molecule has 0 radical (unpaired) electrons. The lowest BCUT2D eigenvalue weighted by molar-refractivity contribution is 0.849. The van der Waals surface area contributed by atoms with Gasteiger partial charge in [0.1, 0.15) is 0 Å². The zero-order chi connectivity index (χ0) is 9.84. The van der Waals surface area contributed by atoms with Gasteiger partial charge in [0.05, 0.1) is 10.7 Å². The van der Waals surface area contributed by atoms with Gasteiger partial charge < -0.3 is 5.73 Å². The Morgan fingerprint density at radius 3 is 2.85 bits per heavy atom. The van der Waals surface area contributed by atoms with Gasteiger partial charge in [-0.1, -0.05) is 20.4 Å². The average Bonchev–Trinajstić information content (AvgIpc) is 2.52. The highest BCUT2D eigenvalue weighted by Crippen LogP contribution is 2.23. The average molecular weight is 196 g/mol. The molecule has 0 fully saturated rings. The molecule has 13 heavy (non-hydrogen) atoms. The summed E-state index contributed by atoms with van der Waals surface area (Å²) in [5, 5.41) is 3.24. The Hall–Kier alpha value is -0.670. The van der Waals surface area contributed by atoms with Crippen LogP contribution in [0.5, 0.6) is 0 Å². The van der Waals surface area contributed by atoms with E-state index in [1.807, 2.05) is 0 Å². The normalized spacial score (nSPS) is 10.8. The van der Waals surface area contributed by atoms with Crippen LogP contribution in [0.15, 0.2) is 12.0 Å². The third-order valence-corrected chi connectivity index (χ3v) is 2.97. The maximum absolute atomic E-state index is 5.45. The van der Waals surface area contributed by atoms with Gasteiger partial charge in [-0.25, -0.2) is 4.98 Å². The molecule has 0 bridgehead atoms. The Morgan fingerprint density at radius 1 is 1.69 bits per heavy atom. The van der Waals surface area contributed by atoms with E-state index in [0.717, 1.165) is 17.7 Å². The van der Waals surface area contributed by atoms with Gasteiger partial charge in [0.15, 0.2) is 0 Å². The molecule has 0 saturated carbocycles. The van der Waals surface area contributed by atoms with Crippen LogP contribution in [0, 0.1) is 0 Å². The van der Waals surface area contributed by atoms with Crippen LogP contribution in [0.2, 0.25) is 0 Å². The highest BCUT2D eigenvalue weighted by molar-refractivity contribution is 7.09. The van der Waals surface area contributed by atoms with Crippen molar-refractivity contribution >= 4 is 16.9 Å². The number of hydrogen-bond donors (Lipinski definition) is 1. The second kappa shape index (κ2) is 4.53. The third kappa shape index (κ3) is 2.64. The largest absolute Gasteiger partial charge is 0.330 e. The van der Waals surface area contributed by atoms with Gasteiger partial charge in [0.2, 0.25) is 0 Å². The van der Waals surface area contributed by atoms with E-state index in [1.54, 1.807) is 11.3 Å². The molecule has 0 spiro atoms. The Balaban J connectivity index is 2.73. The Bertz CT molecular complexity index is 289. The van der Waals surface area contributed by atoms with Crippen LogP contribution in [0.1, 0.15) is 36.9 Å². The maximum atomic E-state index is 5.45. The van der Waals surface area contributed by atoms with Crippen molar-refractivity contribution in [2.75, 3.05) is 6.54 Å². The molecule has 1 heterocycles. The van der Waals surface area contributed by atoms with Crippen molar-refractivity contribution in [2.24, 2.45) is 5.73 Å². The van der Waals surface area contributed by atoms with Crippen molar-refractivity contribution in [1.82, 2.24) is 4.98 Å². The van der Waals surface area contributed by atoms with E-state index < -0.39 is 0 Å².